The van der Waals surface area contributed by atoms with Crippen LogP contribution >= 0.6 is 0 Å². The quantitative estimate of drug-likeness (QED) is 0.332. The van der Waals surface area contributed by atoms with Gasteiger partial charge in [-0.05, 0) is 23.8 Å². The van der Waals surface area contributed by atoms with Gasteiger partial charge in [0.2, 0.25) is 0 Å². The first kappa shape index (κ1) is 16.8. The van der Waals surface area contributed by atoms with Crippen LogP contribution in [0.1, 0.15) is 5.56 Å². The molecule has 1 rings (SSSR count). The van der Waals surface area contributed by atoms with Crippen LogP contribution in [-0.4, -0.2) is 26.3 Å². The molecule has 0 saturated carbocycles. The van der Waals surface area contributed by atoms with Crippen molar-refractivity contribution in [2.45, 2.75) is 0 Å². The van der Waals surface area contributed by atoms with Gasteiger partial charge in [0.05, 0.1) is 7.11 Å². The third kappa shape index (κ3) is 4.69. The van der Waals surface area contributed by atoms with E-state index in [1.165, 1.54) is 19.3 Å². The first-order chi connectivity index (χ1) is 10.7. The Morgan fingerprint density at radius 3 is 2.73 bits per heavy atom. The second-order valence-corrected chi connectivity index (χ2v) is 3.91. The van der Waals surface area contributed by atoms with Crippen LogP contribution in [0.25, 0.3) is 6.08 Å². The standard InChI is InChI=1S/C16H14N2O4/c1-3-7-22-16(19)13(11-18)9-12-4-5-14(21-8-6-17)15(10-12)20-2/h3-5,9-10H,1,7-8H2,2H3/b13-9+. The van der Waals surface area contributed by atoms with Gasteiger partial charge in [-0.25, -0.2) is 4.79 Å². The van der Waals surface area contributed by atoms with Gasteiger partial charge >= 0.3 is 5.97 Å². The molecule has 0 heterocycles. The largest absolute Gasteiger partial charge is 0.493 e. The zero-order valence-corrected chi connectivity index (χ0v) is 12.0. The Hall–Kier alpha value is -3.25. The van der Waals surface area contributed by atoms with E-state index in [9.17, 15) is 4.79 Å². The zero-order valence-electron chi connectivity index (χ0n) is 12.0. The van der Waals surface area contributed by atoms with Crippen molar-refractivity contribution < 1.29 is 19.0 Å². The topological polar surface area (TPSA) is 92.3 Å². The minimum atomic E-state index is -0.730. The van der Waals surface area contributed by atoms with Gasteiger partial charge in [0.25, 0.3) is 0 Å². The minimum absolute atomic E-state index is 0.0299. The summed E-state index contributed by atoms with van der Waals surface area (Å²) in [6.07, 6.45) is 2.79. The van der Waals surface area contributed by atoms with E-state index in [0.717, 1.165) is 0 Å². The molecule has 6 heteroatoms. The Bertz CT molecular complexity index is 666. The predicted octanol–water partition coefficient (Wildman–Crippen LogP) is 2.23. The lowest BCUT2D eigenvalue weighted by Crippen LogP contribution is -2.06. The lowest BCUT2D eigenvalue weighted by Gasteiger charge is -2.09. The molecule has 0 aromatic heterocycles. The van der Waals surface area contributed by atoms with E-state index in [1.54, 1.807) is 24.3 Å². The molecule has 1 aromatic rings. The summed E-state index contributed by atoms with van der Waals surface area (Å²) in [5, 5.41) is 17.5. The van der Waals surface area contributed by atoms with Crippen LogP contribution in [0.4, 0.5) is 0 Å². The molecule has 0 saturated heterocycles. The number of carbonyl (C=O) groups excluding carboxylic acids is 1. The molecule has 22 heavy (non-hydrogen) atoms. The van der Waals surface area contributed by atoms with Crippen LogP contribution in [0, 0.1) is 22.7 Å². The second kappa shape index (κ2) is 8.83. The number of benzene rings is 1. The summed E-state index contributed by atoms with van der Waals surface area (Å²) in [5.41, 5.74) is 0.419. The Labute approximate surface area is 128 Å². The highest BCUT2D eigenvalue weighted by molar-refractivity contribution is 5.98. The van der Waals surface area contributed by atoms with Crippen molar-refractivity contribution in [1.29, 1.82) is 10.5 Å². The molecule has 0 fully saturated rings. The Balaban J connectivity index is 3.03. The van der Waals surface area contributed by atoms with Crippen LogP contribution in [0.15, 0.2) is 36.4 Å². The summed E-state index contributed by atoms with van der Waals surface area (Å²) in [6.45, 7) is 3.35. The molecule has 0 N–H and O–H groups in total. The number of rotatable bonds is 7. The van der Waals surface area contributed by atoms with Gasteiger partial charge in [0.1, 0.15) is 24.3 Å². The highest BCUT2D eigenvalue weighted by atomic mass is 16.5. The summed E-state index contributed by atoms with van der Waals surface area (Å²) in [6, 6.07) is 8.45. The van der Waals surface area contributed by atoms with Crippen molar-refractivity contribution in [3.05, 3.63) is 42.0 Å². The summed E-state index contributed by atoms with van der Waals surface area (Å²) < 4.78 is 15.1. The molecule has 0 aliphatic heterocycles. The Morgan fingerprint density at radius 2 is 2.14 bits per heavy atom. The van der Waals surface area contributed by atoms with Crippen molar-refractivity contribution in [1.82, 2.24) is 0 Å². The normalized spacial score (nSPS) is 10.0. The van der Waals surface area contributed by atoms with Crippen LogP contribution in [0.2, 0.25) is 0 Å². The number of hydrogen-bond donors (Lipinski definition) is 0. The monoisotopic (exact) mass is 298 g/mol. The SMILES string of the molecule is C=CCOC(=O)/C(C#N)=C/c1ccc(OCC#N)c(OC)c1. The van der Waals surface area contributed by atoms with Crippen molar-refractivity contribution in [3.63, 3.8) is 0 Å². The molecule has 0 spiro atoms. The maximum absolute atomic E-state index is 11.6. The van der Waals surface area contributed by atoms with Gasteiger partial charge in [-0.3, -0.25) is 0 Å². The summed E-state index contributed by atoms with van der Waals surface area (Å²) >= 11 is 0. The molecule has 0 aliphatic rings. The van der Waals surface area contributed by atoms with Gasteiger partial charge in [0.15, 0.2) is 18.1 Å². The molecule has 6 nitrogen and oxygen atoms in total. The van der Waals surface area contributed by atoms with E-state index < -0.39 is 5.97 Å². The number of ether oxygens (including phenoxy) is 3. The Morgan fingerprint density at radius 1 is 1.36 bits per heavy atom. The fraction of sp³-hybridized carbons (Fsp3) is 0.188. The first-order valence-electron chi connectivity index (χ1n) is 6.23. The average Bonchev–Trinajstić information content (AvgIpc) is 2.55. The number of methoxy groups -OCH3 is 1. The lowest BCUT2D eigenvalue weighted by atomic mass is 10.1. The van der Waals surface area contributed by atoms with E-state index in [2.05, 4.69) is 6.58 Å². The van der Waals surface area contributed by atoms with Gasteiger partial charge in [0, 0.05) is 0 Å². The molecule has 0 bridgehead atoms. The number of nitriles is 2. The Kier molecular flexibility index (Phi) is 6.74. The highest BCUT2D eigenvalue weighted by Gasteiger charge is 2.11. The van der Waals surface area contributed by atoms with Crippen LogP contribution in [0.5, 0.6) is 11.5 Å². The van der Waals surface area contributed by atoms with Crippen molar-refractivity contribution in [2.24, 2.45) is 0 Å². The molecule has 0 aliphatic carbocycles. The number of esters is 1. The average molecular weight is 298 g/mol. The maximum atomic E-state index is 11.6. The summed E-state index contributed by atoms with van der Waals surface area (Å²) in [4.78, 5) is 11.6. The molecule has 1 aromatic carbocycles. The van der Waals surface area contributed by atoms with E-state index in [-0.39, 0.29) is 18.8 Å². The molecule has 0 radical (unpaired) electrons. The van der Waals surface area contributed by atoms with Gasteiger partial charge in [-0.1, -0.05) is 18.7 Å². The first-order valence-corrected chi connectivity index (χ1v) is 6.23. The summed E-state index contributed by atoms with van der Waals surface area (Å²) in [5.74, 6) is 0.0564. The smallest absolute Gasteiger partial charge is 0.349 e. The van der Waals surface area contributed by atoms with E-state index in [1.807, 2.05) is 6.07 Å². The fourth-order valence-corrected chi connectivity index (χ4v) is 1.52. The second-order valence-electron chi connectivity index (χ2n) is 3.91. The summed E-state index contributed by atoms with van der Waals surface area (Å²) in [7, 11) is 1.45. The van der Waals surface area contributed by atoms with Gasteiger partial charge in [-0.15, -0.1) is 0 Å². The number of carbonyl (C=O) groups is 1. The van der Waals surface area contributed by atoms with Crippen molar-refractivity contribution in [2.75, 3.05) is 20.3 Å². The lowest BCUT2D eigenvalue weighted by molar-refractivity contribution is -0.137. The maximum Gasteiger partial charge on any atom is 0.349 e. The third-order valence-electron chi connectivity index (χ3n) is 2.46. The van der Waals surface area contributed by atoms with E-state index in [0.29, 0.717) is 17.1 Å². The molecular weight excluding hydrogens is 284 g/mol. The third-order valence-corrected chi connectivity index (χ3v) is 2.46. The van der Waals surface area contributed by atoms with Gasteiger partial charge < -0.3 is 14.2 Å². The zero-order chi connectivity index (χ0) is 16.4. The van der Waals surface area contributed by atoms with E-state index in [4.69, 9.17) is 24.7 Å². The van der Waals surface area contributed by atoms with Crippen LogP contribution in [-0.2, 0) is 9.53 Å². The van der Waals surface area contributed by atoms with Crippen molar-refractivity contribution in [3.8, 4) is 23.6 Å². The van der Waals surface area contributed by atoms with Crippen LogP contribution < -0.4 is 9.47 Å². The number of nitrogens with zero attached hydrogens (tertiary/aromatic N) is 2. The van der Waals surface area contributed by atoms with Crippen LogP contribution in [0.3, 0.4) is 0 Å². The molecule has 0 unspecified atom stereocenters. The molecular formula is C16H14N2O4. The molecule has 0 amide bonds. The molecule has 0 atom stereocenters. The van der Waals surface area contributed by atoms with Crippen molar-refractivity contribution >= 4 is 12.0 Å². The highest BCUT2D eigenvalue weighted by Crippen LogP contribution is 2.28. The van der Waals surface area contributed by atoms with Gasteiger partial charge in [-0.2, -0.15) is 10.5 Å². The van der Waals surface area contributed by atoms with E-state index >= 15 is 0 Å². The minimum Gasteiger partial charge on any atom is -0.493 e. The fourth-order valence-electron chi connectivity index (χ4n) is 1.52. The molecule has 112 valence electrons. The number of hydrogen-bond acceptors (Lipinski definition) is 6. The predicted molar refractivity (Wildman–Crippen MR) is 78.8 cm³/mol.